The summed E-state index contributed by atoms with van der Waals surface area (Å²) in [5.41, 5.74) is 34.3. The highest BCUT2D eigenvalue weighted by molar-refractivity contribution is 6.03. The molecule has 0 heterocycles. The first-order valence-corrected chi connectivity index (χ1v) is 41.3. The van der Waals surface area contributed by atoms with E-state index in [-0.39, 0.29) is 16.2 Å². The van der Waals surface area contributed by atoms with Crippen molar-refractivity contribution in [1.29, 1.82) is 0 Å². The maximum atomic E-state index is 2.37. The normalized spacial score (nSPS) is 13.2. The van der Waals surface area contributed by atoms with Gasteiger partial charge in [0, 0.05) is 67.4 Å². The Hall–Kier alpha value is -14.4. The van der Waals surface area contributed by atoms with Gasteiger partial charge in [-0.15, -0.1) is 0 Å². The van der Waals surface area contributed by atoms with E-state index in [1.54, 1.807) is 0 Å². The molecule has 0 radical (unpaired) electrons. The Labute approximate surface area is 693 Å². The van der Waals surface area contributed by atoms with E-state index in [1.165, 1.54) is 149 Å². The largest absolute Gasteiger partial charge is 0.310 e. The number of para-hydroxylation sites is 3. The SMILES string of the molecule is CC1(C)c2ccccc2-c2ccc3cc(N(c4ccc(-c5ccccc5)cc4)c4ccc(-c5ccccc5)cc4)ccc3c21.CC1(C)c2ccccc2-c2ccc3cc(N(c4ccccc4)c4ccc(-c5ccc6ccccc6c5)cc4)ccc3c21.CC1(C)c2ccccc2-c2ccc3cc(N(c4ccccc4)c4ccccc4)ccc3c21. The van der Waals surface area contributed by atoms with Gasteiger partial charge in [0.15, 0.2) is 0 Å². The Bertz CT molecular complexity index is 6850. The van der Waals surface area contributed by atoms with Crippen LogP contribution >= 0.6 is 0 Å². The van der Waals surface area contributed by atoms with Crippen molar-refractivity contribution in [2.45, 2.75) is 57.8 Å². The van der Waals surface area contributed by atoms with Gasteiger partial charge >= 0.3 is 0 Å². The highest BCUT2D eigenvalue weighted by atomic mass is 15.2. The van der Waals surface area contributed by atoms with Crippen LogP contribution in [-0.2, 0) is 16.2 Å². The Morgan fingerprint density at radius 1 is 0.153 bits per heavy atom. The third-order valence-corrected chi connectivity index (χ3v) is 25.0. The number of benzene rings is 19. The molecule has 0 amide bonds. The molecule has 0 saturated heterocycles. The van der Waals surface area contributed by atoms with Gasteiger partial charge in [-0.25, -0.2) is 0 Å². The molecule has 0 aromatic heterocycles. The third kappa shape index (κ3) is 12.9. The fourth-order valence-corrected chi connectivity index (χ4v) is 19.4. The topological polar surface area (TPSA) is 9.72 Å². The van der Waals surface area contributed by atoms with Crippen molar-refractivity contribution in [3.63, 3.8) is 0 Å². The molecular formula is C115H89N3. The molecule has 0 aliphatic heterocycles. The molecule has 19 aromatic rings. The second-order valence-electron chi connectivity index (χ2n) is 33.1. The average Bonchev–Trinajstić information content (AvgIpc) is 1.57. The molecule has 0 bridgehead atoms. The van der Waals surface area contributed by atoms with Crippen LogP contribution < -0.4 is 14.7 Å². The van der Waals surface area contributed by atoms with Crippen LogP contribution in [0.3, 0.4) is 0 Å². The Morgan fingerprint density at radius 3 is 0.720 bits per heavy atom. The van der Waals surface area contributed by atoms with Crippen molar-refractivity contribution >= 4 is 94.3 Å². The van der Waals surface area contributed by atoms with Gasteiger partial charge in [0.1, 0.15) is 0 Å². The molecule has 0 N–H and O–H groups in total. The minimum atomic E-state index is -0.0484. The van der Waals surface area contributed by atoms with Crippen molar-refractivity contribution in [2.75, 3.05) is 14.7 Å². The van der Waals surface area contributed by atoms with E-state index in [4.69, 9.17) is 0 Å². The summed E-state index contributed by atoms with van der Waals surface area (Å²) in [6.45, 7) is 14.1. The molecular weight excluding hydrogens is 1420 g/mol. The van der Waals surface area contributed by atoms with Gasteiger partial charge in [-0.1, -0.05) is 357 Å². The molecule has 118 heavy (non-hydrogen) atoms. The summed E-state index contributed by atoms with van der Waals surface area (Å²) in [6.07, 6.45) is 0. The predicted molar refractivity (Wildman–Crippen MR) is 502 cm³/mol. The molecule has 0 fully saturated rings. The number of nitrogens with zero attached hydrogens (tertiary/aromatic N) is 3. The van der Waals surface area contributed by atoms with Crippen LogP contribution in [0.2, 0.25) is 0 Å². The maximum absolute atomic E-state index is 2.37. The van der Waals surface area contributed by atoms with Crippen LogP contribution in [0.5, 0.6) is 0 Å². The smallest absolute Gasteiger partial charge is 0.0468 e. The van der Waals surface area contributed by atoms with Gasteiger partial charge in [-0.2, -0.15) is 0 Å². The maximum Gasteiger partial charge on any atom is 0.0468 e. The summed E-state index contributed by atoms with van der Waals surface area (Å²) in [6, 6.07) is 156. The number of anilines is 9. The van der Waals surface area contributed by atoms with E-state index in [9.17, 15) is 0 Å². The monoisotopic (exact) mass is 1510 g/mol. The van der Waals surface area contributed by atoms with Gasteiger partial charge in [0.25, 0.3) is 0 Å². The van der Waals surface area contributed by atoms with E-state index in [2.05, 4.69) is 487 Å². The quantitative estimate of drug-likeness (QED) is 0.121. The van der Waals surface area contributed by atoms with Crippen LogP contribution in [0.4, 0.5) is 51.2 Å². The second-order valence-corrected chi connectivity index (χ2v) is 33.1. The first kappa shape index (κ1) is 72.6. The van der Waals surface area contributed by atoms with E-state index in [0.717, 1.165) is 45.5 Å². The van der Waals surface area contributed by atoms with E-state index < -0.39 is 0 Å². The molecule has 0 unspecified atom stereocenters. The number of fused-ring (bicyclic) bond motifs is 16. The predicted octanol–water partition coefficient (Wildman–Crippen LogP) is 32.0. The molecule has 3 heteroatoms. The van der Waals surface area contributed by atoms with Gasteiger partial charge in [-0.05, 0) is 258 Å². The molecule has 22 rings (SSSR count). The highest BCUT2D eigenvalue weighted by Gasteiger charge is 2.40. The molecule has 3 aliphatic rings. The van der Waals surface area contributed by atoms with Gasteiger partial charge < -0.3 is 14.7 Å². The molecule has 0 saturated carbocycles. The fourth-order valence-electron chi connectivity index (χ4n) is 19.4. The van der Waals surface area contributed by atoms with Gasteiger partial charge in [-0.3, -0.25) is 0 Å². The Kier molecular flexibility index (Phi) is 18.3. The first-order chi connectivity index (χ1) is 57.8. The third-order valence-electron chi connectivity index (χ3n) is 25.0. The molecule has 0 atom stereocenters. The van der Waals surface area contributed by atoms with E-state index >= 15 is 0 Å². The Morgan fingerprint density at radius 2 is 0.390 bits per heavy atom. The summed E-state index contributed by atoms with van der Waals surface area (Å²) in [5.74, 6) is 0. The van der Waals surface area contributed by atoms with Gasteiger partial charge in [0.05, 0.1) is 0 Å². The molecule has 3 nitrogen and oxygen atoms in total. The lowest BCUT2D eigenvalue weighted by Gasteiger charge is -2.27. The highest BCUT2D eigenvalue weighted by Crippen LogP contribution is 2.56. The summed E-state index contributed by atoms with van der Waals surface area (Å²) < 4.78 is 0. The Balaban J connectivity index is 0.000000115. The molecule has 0 spiro atoms. The molecule has 564 valence electrons. The molecule has 19 aromatic carbocycles. The molecule has 3 aliphatic carbocycles. The summed E-state index contributed by atoms with van der Waals surface area (Å²) in [7, 11) is 0. The lowest BCUT2D eigenvalue weighted by molar-refractivity contribution is 0.666. The average molecular weight is 1510 g/mol. The lowest BCUT2D eigenvalue weighted by Crippen LogP contribution is -2.15. The lowest BCUT2D eigenvalue weighted by atomic mass is 9.80. The van der Waals surface area contributed by atoms with Crippen LogP contribution in [0.1, 0.15) is 74.9 Å². The zero-order chi connectivity index (χ0) is 79.6. The number of rotatable bonds is 12. The second kappa shape index (κ2) is 29.8. The minimum Gasteiger partial charge on any atom is -0.310 e. The zero-order valence-electron chi connectivity index (χ0n) is 67.3. The summed E-state index contributed by atoms with van der Waals surface area (Å²) in [5, 5.41) is 10.3. The number of hydrogen-bond donors (Lipinski definition) is 0. The van der Waals surface area contributed by atoms with Crippen LogP contribution in [0.15, 0.2) is 431 Å². The van der Waals surface area contributed by atoms with Crippen LogP contribution in [0, 0.1) is 0 Å². The fraction of sp³-hybridized carbons (Fsp3) is 0.0783. The van der Waals surface area contributed by atoms with Crippen molar-refractivity contribution in [2.24, 2.45) is 0 Å². The summed E-state index contributed by atoms with van der Waals surface area (Å²) in [4.78, 5) is 7.05. The van der Waals surface area contributed by atoms with Gasteiger partial charge in [0.2, 0.25) is 0 Å². The van der Waals surface area contributed by atoms with Crippen molar-refractivity contribution in [3.8, 4) is 66.8 Å². The minimum absolute atomic E-state index is 0.00843. The standard InChI is InChI=1S/C43H33N.C41H31N.C31H25N/c1-43(2)41-16-10-9-15-39(41)40-27-21-34-29-37(26-28-38(34)42(40)43)44(35-22-17-32(18-23-35)30-11-5-3-6-12-30)36-24-19-33(20-25-36)31-13-7-4-8-14-31;1-41(2)39-15-9-8-14-37(39)38-24-20-32-27-35(23-25-36(32)40(38)41)42(33-12-4-3-5-13-33)34-21-18-29(19-22-34)31-17-16-28-10-6-7-11-30(28)26-31;1-31(2)29-16-10-9-15-27(29)28-19-17-22-21-25(18-20-26(22)30(28)31)32(23-11-5-3-6-12-23)24-13-7-4-8-14-24/h3-29H,1-2H3;3-27H,1-2H3;3-21H,1-2H3. The van der Waals surface area contributed by atoms with E-state index in [1.807, 2.05) is 0 Å². The first-order valence-electron chi connectivity index (χ1n) is 41.3. The van der Waals surface area contributed by atoms with Crippen LogP contribution in [0.25, 0.3) is 110 Å². The summed E-state index contributed by atoms with van der Waals surface area (Å²) >= 11 is 0. The van der Waals surface area contributed by atoms with Crippen LogP contribution in [-0.4, -0.2) is 0 Å². The van der Waals surface area contributed by atoms with Crippen molar-refractivity contribution in [3.05, 3.63) is 464 Å². The van der Waals surface area contributed by atoms with Crippen molar-refractivity contribution in [1.82, 2.24) is 0 Å². The number of hydrogen-bond acceptors (Lipinski definition) is 3. The van der Waals surface area contributed by atoms with Crippen molar-refractivity contribution < 1.29 is 0 Å². The van der Waals surface area contributed by atoms with E-state index in [0.29, 0.717) is 0 Å². The zero-order valence-corrected chi connectivity index (χ0v) is 67.3.